The third kappa shape index (κ3) is 1.99. The molecule has 4 nitrogen and oxygen atoms in total. The molecule has 3 heterocycles. The highest BCUT2D eigenvalue weighted by Crippen LogP contribution is 2.35. The second kappa shape index (κ2) is 5.32. The van der Waals surface area contributed by atoms with Crippen LogP contribution in [-0.4, -0.2) is 14.5 Å². The molecule has 0 saturated carbocycles. The third-order valence-corrected chi connectivity index (χ3v) is 5.20. The average Bonchev–Trinajstić information content (AvgIpc) is 3.22. The summed E-state index contributed by atoms with van der Waals surface area (Å²) in [5, 5.41) is 3.55. The van der Waals surface area contributed by atoms with Crippen molar-refractivity contribution in [2.75, 3.05) is 0 Å². The molecule has 5 heteroatoms. The van der Waals surface area contributed by atoms with Gasteiger partial charge in [-0.3, -0.25) is 4.57 Å². The minimum absolute atomic E-state index is 0.313. The van der Waals surface area contributed by atoms with Crippen LogP contribution < -0.4 is 0 Å². The lowest BCUT2D eigenvalue weighted by Gasteiger charge is -2.08. The summed E-state index contributed by atoms with van der Waals surface area (Å²) in [5.41, 5.74) is 4.00. The Balaban J connectivity index is 1.79. The minimum atomic E-state index is 0.313. The van der Waals surface area contributed by atoms with Crippen LogP contribution >= 0.6 is 11.6 Å². The highest BCUT2D eigenvalue weighted by Gasteiger charge is 2.19. The largest absolute Gasteiger partial charge is 0.436 e. The van der Waals surface area contributed by atoms with Gasteiger partial charge in [-0.25, -0.2) is 4.98 Å². The van der Waals surface area contributed by atoms with Crippen molar-refractivity contribution in [1.82, 2.24) is 14.5 Å². The van der Waals surface area contributed by atoms with E-state index in [1.54, 1.807) is 0 Å². The molecule has 27 heavy (non-hydrogen) atoms. The number of nitrogens with zero attached hydrogens (tertiary/aromatic N) is 3. The Hall–Kier alpha value is -3.37. The lowest BCUT2D eigenvalue weighted by Crippen LogP contribution is -2.00. The van der Waals surface area contributed by atoms with Gasteiger partial charge in [-0.1, -0.05) is 60.1 Å². The van der Waals surface area contributed by atoms with Crippen molar-refractivity contribution >= 4 is 55.6 Å². The number of furan rings is 1. The summed E-state index contributed by atoms with van der Waals surface area (Å²) in [6.07, 6.45) is 0. The molecule has 0 spiro atoms. The van der Waals surface area contributed by atoms with Crippen LogP contribution in [0.2, 0.25) is 5.15 Å². The predicted molar refractivity (Wildman–Crippen MR) is 109 cm³/mol. The Morgan fingerprint density at radius 1 is 0.704 bits per heavy atom. The minimum Gasteiger partial charge on any atom is -0.436 e. The van der Waals surface area contributed by atoms with Crippen LogP contribution in [0, 0.1) is 0 Å². The Labute approximate surface area is 158 Å². The molecule has 3 aromatic carbocycles. The van der Waals surface area contributed by atoms with E-state index < -0.39 is 0 Å². The molecule has 0 aliphatic heterocycles. The van der Waals surface area contributed by atoms with E-state index in [9.17, 15) is 0 Å². The number of halogens is 1. The van der Waals surface area contributed by atoms with Crippen LogP contribution in [0.4, 0.5) is 0 Å². The quantitative estimate of drug-likeness (QED) is 0.350. The van der Waals surface area contributed by atoms with Crippen LogP contribution in [0.5, 0.6) is 0 Å². The Bertz CT molecular complexity index is 1440. The summed E-state index contributed by atoms with van der Waals surface area (Å²) < 4.78 is 7.88. The molecule has 0 saturated heterocycles. The first-order valence-corrected chi connectivity index (χ1v) is 9.02. The van der Waals surface area contributed by atoms with Gasteiger partial charge >= 0.3 is 0 Å². The molecular weight excluding hydrogens is 358 g/mol. The number of fused-ring (bicyclic) bond motifs is 6. The molecule has 0 unspecified atom stereocenters. The zero-order chi connectivity index (χ0) is 18.0. The number of rotatable bonds is 1. The number of hydrogen-bond acceptors (Lipinski definition) is 3. The summed E-state index contributed by atoms with van der Waals surface area (Å²) in [5.74, 6) is 0.605. The highest BCUT2D eigenvalue weighted by molar-refractivity contribution is 6.31. The maximum absolute atomic E-state index is 6.57. The number of hydrogen-bond donors (Lipinski definition) is 0. The van der Waals surface area contributed by atoms with Crippen LogP contribution in [0.3, 0.4) is 0 Å². The summed E-state index contributed by atoms with van der Waals surface area (Å²) >= 11 is 6.57. The predicted octanol–water partition coefficient (Wildman–Crippen LogP) is 6.13. The highest BCUT2D eigenvalue weighted by atomic mass is 35.5. The molecule has 0 atom stereocenters. The summed E-state index contributed by atoms with van der Waals surface area (Å²) in [6, 6.07) is 24.3. The molecule has 6 rings (SSSR count). The van der Waals surface area contributed by atoms with Crippen molar-refractivity contribution in [3.63, 3.8) is 0 Å². The molecule has 128 valence electrons. The molecule has 0 N–H and O–H groups in total. The number of aromatic nitrogens is 3. The van der Waals surface area contributed by atoms with Crippen molar-refractivity contribution in [2.24, 2.45) is 0 Å². The van der Waals surface area contributed by atoms with E-state index in [1.807, 2.05) is 48.5 Å². The molecule has 0 bridgehead atoms. The van der Waals surface area contributed by atoms with Crippen molar-refractivity contribution in [2.45, 2.75) is 0 Å². The zero-order valence-electron chi connectivity index (χ0n) is 14.1. The first kappa shape index (κ1) is 14.8. The van der Waals surface area contributed by atoms with Gasteiger partial charge in [-0.05, 0) is 24.3 Å². The van der Waals surface area contributed by atoms with Gasteiger partial charge in [0.05, 0.1) is 11.0 Å². The van der Waals surface area contributed by atoms with Crippen LogP contribution in [0.1, 0.15) is 0 Å². The average molecular weight is 370 g/mol. The van der Waals surface area contributed by atoms with Gasteiger partial charge in [-0.2, -0.15) is 4.98 Å². The van der Waals surface area contributed by atoms with E-state index in [4.69, 9.17) is 21.0 Å². The fraction of sp³-hybridized carbons (Fsp3) is 0. The molecule has 0 amide bonds. The first-order chi connectivity index (χ1) is 13.3. The molecule has 3 aromatic heterocycles. The maximum atomic E-state index is 6.57. The van der Waals surface area contributed by atoms with Crippen molar-refractivity contribution in [3.8, 4) is 5.82 Å². The smallest absolute Gasteiger partial charge is 0.247 e. The van der Waals surface area contributed by atoms with Crippen molar-refractivity contribution in [3.05, 3.63) is 77.9 Å². The normalized spacial score (nSPS) is 11.9. The SMILES string of the molecule is Clc1nc2oc3ccccc3c2nc1-n1c2ccccc2c2ccccc21. The zero-order valence-corrected chi connectivity index (χ0v) is 14.8. The van der Waals surface area contributed by atoms with E-state index in [-0.39, 0.29) is 0 Å². The molecule has 0 aliphatic rings. The molecule has 0 aliphatic carbocycles. The second-order valence-corrected chi connectivity index (χ2v) is 6.82. The van der Waals surface area contributed by atoms with Gasteiger partial charge < -0.3 is 4.42 Å². The lowest BCUT2D eigenvalue weighted by molar-refractivity contribution is 0.652. The third-order valence-electron chi connectivity index (χ3n) is 4.95. The first-order valence-electron chi connectivity index (χ1n) is 8.64. The van der Waals surface area contributed by atoms with Gasteiger partial charge in [0.1, 0.15) is 11.1 Å². The standard InChI is InChI=1S/C22H12ClN3O/c23-20-21(24-19-15-9-3-6-12-18(15)27-22(19)25-20)26-16-10-4-1-7-13(16)14-8-2-5-11-17(14)26/h1-12H. The fourth-order valence-corrected chi connectivity index (χ4v) is 3.99. The second-order valence-electron chi connectivity index (χ2n) is 6.46. The fourth-order valence-electron chi connectivity index (χ4n) is 3.79. The van der Waals surface area contributed by atoms with E-state index in [1.165, 1.54) is 0 Å². The number of benzene rings is 3. The van der Waals surface area contributed by atoms with Gasteiger partial charge in [0.15, 0.2) is 11.0 Å². The summed E-state index contributed by atoms with van der Waals surface area (Å²) in [6.45, 7) is 0. The van der Waals surface area contributed by atoms with Gasteiger partial charge in [0.2, 0.25) is 5.71 Å². The Morgan fingerprint density at radius 3 is 2.00 bits per heavy atom. The van der Waals surface area contributed by atoms with Crippen LogP contribution in [0.25, 0.3) is 49.8 Å². The lowest BCUT2D eigenvalue weighted by atomic mass is 10.2. The van der Waals surface area contributed by atoms with Crippen molar-refractivity contribution in [1.29, 1.82) is 0 Å². The summed E-state index contributed by atoms with van der Waals surface area (Å²) in [4.78, 5) is 9.38. The van der Waals surface area contributed by atoms with Gasteiger partial charge in [0, 0.05) is 16.2 Å². The number of para-hydroxylation sites is 3. The van der Waals surface area contributed by atoms with Crippen molar-refractivity contribution < 1.29 is 4.42 Å². The van der Waals surface area contributed by atoms with Crippen LogP contribution in [-0.2, 0) is 0 Å². The molecule has 6 aromatic rings. The van der Waals surface area contributed by atoms with E-state index >= 15 is 0 Å². The molecule has 0 fully saturated rings. The van der Waals surface area contributed by atoms with E-state index in [0.29, 0.717) is 22.2 Å². The van der Waals surface area contributed by atoms with E-state index in [0.717, 1.165) is 32.8 Å². The molecule has 0 radical (unpaired) electrons. The topological polar surface area (TPSA) is 43.9 Å². The Morgan fingerprint density at radius 2 is 1.30 bits per heavy atom. The summed E-state index contributed by atoms with van der Waals surface area (Å²) in [7, 11) is 0. The Kier molecular flexibility index (Phi) is 2.91. The maximum Gasteiger partial charge on any atom is 0.247 e. The monoisotopic (exact) mass is 369 g/mol. The van der Waals surface area contributed by atoms with E-state index in [2.05, 4.69) is 33.8 Å². The van der Waals surface area contributed by atoms with Gasteiger partial charge in [-0.15, -0.1) is 0 Å². The van der Waals surface area contributed by atoms with Gasteiger partial charge in [0.25, 0.3) is 0 Å². The molecular formula is C22H12ClN3O. The van der Waals surface area contributed by atoms with Crippen LogP contribution in [0.15, 0.2) is 77.2 Å².